The molecule has 1 heterocycles. The van der Waals surface area contributed by atoms with Crippen molar-refractivity contribution in [2.45, 2.75) is 53.6 Å². The fraction of sp³-hybridized carbons (Fsp3) is 0.769. The van der Waals surface area contributed by atoms with Crippen LogP contribution in [0.15, 0.2) is 12.5 Å². The molecule has 0 radical (unpaired) electrons. The number of nitrogens with zero attached hydrogens (tertiary/aromatic N) is 2. The maximum absolute atomic E-state index is 6.20. The molecule has 0 aliphatic rings. The van der Waals surface area contributed by atoms with Gasteiger partial charge in [0.2, 0.25) is 0 Å². The van der Waals surface area contributed by atoms with Crippen LogP contribution in [0.5, 0.6) is 0 Å². The molecule has 1 aromatic heterocycles. The molecule has 16 heavy (non-hydrogen) atoms. The maximum atomic E-state index is 6.20. The summed E-state index contributed by atoms with van der Waals surface area (Å²) in [6.45, 7) is 12.0. The largest absolute Gasteiger partial charge is 0.333 e. The molecule has 1 aromatic rings. The zero-order valence-electron chi connectivity index (χ0n) is 11.2. The highest BCUT2D eigenvalue weighted by Gasteiger charge is 2.17. The first kappa shape index (κ1) is 13.2. The molecule has 3 heteroatoms. The first-order valence-electron chi connectivity index (χ1n) is 6.05. The van der Waals surface area contributed by atoms with Crippen LogP contribution in [0.2, 0.25) is 0 Å². The van der Waals surface area contributed by atoms with Crippen molar-refractivity contribution in [2.75, 3.05) is 0 Å². The van der Waals surface area contributed by atoms with Crippen molar-refractivity contribution in [1.29, 1.82) is 0 Å². The summed E-state index contributed by atoms with van der Waals surface area (Å²) in [7, 11) is 0. The fourth-order valence-electron chi connectivity index (χ4n) is 1.91. The molecule has 92 valence electrons. The molecule has 1 unspecified atom stereocenters. The Labute approximate surface area is 99.1 Å². The van der Waals surface area contributed by atoms with Crippen LogP contribution in [0.1, 0.15) is 52.8 Å². The number of hydrogen-bond acceptors (Lipinski definition) is 2. The molecule has 0 aliphatic heterocycles. The number of aromatic nitrogens is 2. The lowest BCUT2D eigenvalue weighted by Crippen LogP contribution is -2.21. The quantitative estimate of drug-likeness (QED) is 0.852. The molecule has 0 spiro atoms. The Balaban J connectivity index is 2.77. The molecule has 0 aliphatic carbocycles. The van der Waals surface area contributed by atoms with E-state index in [1.165, 1.54) is 0 Å². The summed E-state index contributed by atoms with van der Waals surface area (Å²) in [6.07, 6.45) is 4.80. The van der Waals surface area contributed by atoms with Crippen LogP contribution in [0.25, 0.3) is 0 Å². The van der Waals surface area contributed by atoms with Crippen molar-refractivity contribution < 1.29 is 0 Å². The van der Waals surface area contributed by atoms with Crippen molar-refractivity contribution >= 4 is 0 Å². The van der Waals surface area contributed by atoms with Gasteiger partial charge < -0.3 is 10.3 Å². The summed E-state index contributed by atoms with van der Waals surface area (Å²) in [4.78, 5) is 4.22. The highest BCUT2D eigenvalue weighted by Crippen LogP contribution is 2.22. The predicted molar refractivity (Wildman–Crippen MR) is 68.1 cm³/mol. The monoisotopic (exact) mass is 223 g/mol. The number of rotatable bonds is 4. The topological polar surface area (TPSA) is 43.8 Å². The zero-order valence-corrected chi connectivity index (χ0v) is 11.2. The van der Waals surface area contributed by atoms with Gasteiger partial charge in [-0.15, -0.1) is 0 Å². The lowest BCUT2D eigenvalue weighted by atomic mass is 9.96. The molecule has 0 bridgehead atoms. The van der Waals surface area contributed by atoms with Crippen molar-refractivity contribution in [3.63, 3.8) is 0 Å². The average molecular weight is 223 g/mol. The Morgan fingerprint density at radius 3 is 2.50 bits per heavy atom. The summed E-state index contributed by atoms with van der Waals surface area (Å²) < 4.78 is 2.19. The molecule has 0 saturated heterocycles. The second-order valence-corrected chi connectivity index (χ2v) is 6.24. The van der Waals surface area contributed by atoms with Gasteiger partial charge in [-0.25, -0.2) is 4.98 Å². The van der Waals surface area contributed by atoms with Gasteiger partial charge in [0.1, 0.15) is 0 Å². The average Bonchev–Trinajstić information content (AvgIpc) is 2.47. The van der Waals surface area contributed by atoms with Crippen LogP contribution in [0.4, 0.5) is 0 Å². The van der Waals surface area contributed by atoms with Gasteiger partial charge in [-0.3, -0.25) is 0 Å². The Hall–Kier alpha value is -0.830. The van der Waals surface area contributed by atoms with Crippen molar-refractivity contribution in [1.82, 2.24) is 9.55 Å². The van der Waals surface area contributed by atoms with Gasteiger partial charge in [-0.1, -0.05) is 34.6 Å². The van der Waals surface area contributed by atoms with E-state index in [2.05, 4.69) is 44.2 Å². The Kier molecular flexibility index (Phi) is 4.14. The van der Waals surface area contributed by atoms with Gasteiger partial charge in [-0.05, 0) is 17.8 Å². The van der Waals surface area contributed by atoms with Crippen molar-refractivity contribution in [2.24, 2.45) is 17.1 Å². The molecular formula is C13H25N3. The van der Waals surface area contributed by atoms with Crippen molar-refractivity contribution in [3.05, 3.63) is 18.2 Å². The summed E-state index contributed by atoms with van der Waals surface area (Å²) in [6, 6.07) is 0.102. The molecule has 0 amide bonds. The number of imidazole rings is 1. The van der Waals surface area contributed by atoms with E-state index in [0.29, 0.717) is 5.92 Å². The Morgan fingerprint density at radius 1 is 1.38 bits per heavy atom. The van der Waals surface area contributed by atoms with E-state index < -0.39 is 0 Å². The third-order valence-corrected chi connectivity index (χ3v) is 2.49. The lowest BCUT2D eigenvalue weighted by Gasteiger charge is -2.23. The number of hydrogen-bond donors (Lipinski definition) is 1. The predicted octanol–water partition coefficient (Wildman–Crippen LogP) is 2.98. The highest BCUT2D eigenvalue weighted by molar-refractivity contribution is 5.05. The first-order chi connectivity index (χ1) is 7.29. The van der Waals surface area contributed by atoms with Crippen LogP contribution >= 0.6 is 0 Å². The highest BCUT2D eigenvalue weighted by atomic mass is 15.1. The Morgan fingerprint density at radius 2 is 2.00 bits per heavy atom. The Bertz CT molecular complexity index is 320. The summed E-state index contributed by atoms with van der Waals surface area (Å²) in [5.41, 5.74) is 7.61. The van der Waals surface area contributed by atoms with Gasteiger partial charge in [0, 0.05) is 18.8 Å². The zero-order chi connectivity index (χ0) is 12.3. The van der Waals surface area contributed by atoms with Crippen LogP contribution < -0.4 is 5.73 Å². The maximum Gasteiger partial charge on any atom is 0.0948 e. The lowest BCUT2D eigenvalue weighted by molar-refractivity contribution is 0.332. The third kappa shape index (κ3) is 3.97. The minimum atomic E-state index is 0.102. The van der Waals surface area contributed by atoms with Crippen molar-refractivity contribution in [3.8, 4) is 0 Å². The molecule has 2 N–H and O–H groups in total. The summed E-state index contributed by atoms with van der Waals surface area (Å²) in [5.74, 6) is 0.619. The first-order valence-corrected chi connectivity index (χ1v) is 6.05. The van der Waals surface area contributed by atoms with Gasteiger partial charge in [-0.2, -0.15) is 0 Å². The van der Waals surface area contributed by atoms with Gasteiger partial charge in [0.05, 0.1) is 12.0 Å². The van der Waals surface area contributed by atoms with Gasteiger partial charge >= 0.3 is 0 Å². The smallest absolute Gasteiger partial charge is 0.0948 e. The van der Waals surface area contributed by atoms with E-state index in [1.54, 1.807) is 0 Å². The van der Waals surface area contributed by atoms with E-state index >= 15 is 0 Å². The van der Waals surface area contributed by atoms with E-state index in [9.17, 15) is 0 Å². The molecule has 0 aromatic carbocycles. The van der Waals surface area contributed by atoms with Crippen LogP contribution in [0.3, 0.4) is 0 Å². The second kappa shape index (κ2) is 5.00. The molecular weight excluding hydrogens is 198 g/mol. The SMILES string of the molecule is CC(C)CC(N)c1cncn1CC(C)(C)C. The minimum Gasteiger partial charge on any atom is -0.333 e. The molecule has 1 atom stereocenters. The fourth-order valence-corrected chi connectivity index (χ4v) is 1.91. The normalized spacial score (nSPS) is 14.4. The van der Waals surface area contributed by atoms with Gasteiger partial charge in [0.15, 0.2) is 0 Å². The van der Waals surface area contributed by atoms with Crippen LogP contribution in [0, 0.1) is 11.3 Å². The second-order valence-electron chi connectivity index (χ2n) is 6.24. The summed E-state index contributed by atoms with van der Waals surface area (Å²) in [5, 5.41) is 0. The molecule has 0 fully saturated rings. The summed E-state index contributed by atoms with van der Waals surface area (Å²) >= 11 is 0. The molecule has 3 nitrogen and oxygen atoms in total. The van der Waals surface area contributed by atoms with E-state index in [-0.39, 0.29) is 11.5 Å². The van der Waals surface area contributed by atoms with E-state index in [0.717, 1.165) is 18.7 Å². The van der Waals surface area contributed by atoms with E-state index in [1.807, 2.05) is 12.5 Å². The molecule has 1 rings (SSSR count). The minimum absolute atomic E-state index is 0.102. The van der Waals surface area contributed by atoms with E-state index in [4.69, 9.17) is 5.73 Å². The third-order valence-electron chi connectivity index (χ3n) is 2.49. The van der Waals surface area contributed by atoms with Gasteiger partial charge in [0.25, 0.3) is 0 Å². The standard InChI is InChI=1S/C13H25N3/c1-10(2)6-11(14)12-7-15-9-16(12)8-13(3,4)5/h7,9-11H,6,8,14H2,1-5H3. The number of nitrogens with two attached hydrogens (primary N) is 1. The van der Waals surface area contributed by atoms with Crippen LogP contribution in [-0.2, 0) is 6.54 Å². The molecule has 0 saturated carbocycles. The van der Waals surface area contributed by atoms with Crippen LogP contribution in [-0.4, -0.2) is 9.55 Å².